The van der Waals surface area contributed by atoms with Gasteiger partial charge in [-0.3, -0.25) is 8.98 Å². The van der Waals surface area contributed by atoms with E-state index in [1.807, 2.05) is 0 Å². The summed E-state index contributed by atoms with van der Waals surface area (Å²) < 4.78 is 30.9. The van der Waals surface area contributed by atoms with Gasteiger partial charge in [0.1, 0.15) is 0 Å². The fourth-order valence-electron chi connectivity index (χ4n) is 1.04. The predicted octanol–water partition coefficient (Wildman–Crippen LogP) is -0.106. The Kier molecular flexibility index (Phi) is 7.27. The van der Waals surface area contributed by atoms with Crippen LogP contribution in [0.25, 0.3) is 0 Å². The van der Waals surface area contributed by atoms with Crippen LogP contribution < -0.4 is 5.32 Å². The SMILES string of the molecule is CCOC(=O)CC[C@H](COS(C)(=O)=O)NC. The van der Waals surface area contributed by atoms with Crippen LogP contribution in [0.4, 0.5) is 0 Å². The summed E-state index contributed by atoms with van der Waals surface area (Å²) in [5.74, 6) is -0.290. The van der Waals surface area contributed by atoms with Gasteiger partial charge in [-0.2, -0.15) is 8.42 Å². The van der Waals surface area contributed by atoms with E-state index in [4.69, 9.17) is 4.74 Å². The summed E-state index contributed by atoms with van der Waals surface area (Å²) in [5.41, 5.74) is 0. The van der Waals surface area contributed by atoms with Gasteiger partial charge in [-0.25, -0.2) is 0 Å². The number of ether oxygens (including phenoxy) is 1. The van der Waals surface area contributed by atoms with E-state index < -0.39 is 10.1 Å². The third-order valence-corrected chi connectivity index (χ3v) is 2.46. The monoisotopic (exact) mass is 253 g/mol. The molecule has 16 heavy (non-hydrogen) atoms. The summed E-state index contributed by atoms with van der Waals surface area (Å²) in [6.07, 6.45) is 1.71. The number of carbonyl (C=O) groups excluding carboxylic acids is 1. The summed E-state index contributed by atoms with van der Waals surface area (Å²) in [7, 11) is -1.75. The smallest absolute Gasteiger partial charge is 0.305 e. The molecule has 7 heteroatoms. The minimum atomic E-state index is -3.43. The lowest BCUT2D eigenvalue weighted by molar-refractivity contribution is -0.143. The quantitative estimate of drug-likeness (QED) is 0.480. The second kappa shape index (κ2) is 7.59. The molecule has 0 heterocycles. The molecule has 1 atom stereocenters. The molecule has 0 unspecified atom stereocenters. The normalized spacial score (nSPS) is 13.4. The first kappa shape index (κ1) is 15.3. The molecule has 0 aliphatic heterocycles. The molecule has 0 saturated heterocycles. The minimum Gasteiger partial charge on any atom is -0.466 e. The van der Waals surface area contributed by atoms with Gasteiger partial charge < -0.3 is 10.1 Å². The van der Waals surface area contributed by atoms with E-state index in [-0.39, 0.29) is 25.0 Å². The molecule has 0 bridgehead atoms. The average Bonchev–Trinajstić information content (AvgIpc) is 2.17. The second-order valence-electron chi connectivity index (χ2n) is 3.32. The Morgan fingerprint density at radius 3 is 2.50 bits per heavy atom. The van der Waals surface area contributed by atoms with E-state index in [0.717, 1.165) is 6.26 Å². The number of carbonyl (C=O) groups is 1. The summed E-state index contributed by atoms with van der Waals surface area (Å²) in [6, 6.07) is -0.181. The third kappa shape index (κ3) is 8.63. The first-order chi connectivity index (χ1) is 7.39. The fraction of sp³-hybridized carbons (Fsp3) is 0.889. The standard InChI is InChI=1S/C9H19NO5S/c1-4-14-9(11)6-5-8(10-2)7-15-16(3,12)13/h8,10H,4-7H2,1-3H3/t8-/m1/s1. The van der Waals surface area contributed by atoms with Crippen molar-refractivity contribution in [3.05, 3.63) is 0 Å². The van der Waals surface area contributed by atoms with Gasteiger partial charge in [0.15, 0.2) is 0 Å². The Labute approximate surface area is 96.4 Å². The van der Waals surface area contributed by atoms with Gasteiger partial charge >= 0.3 is 5.97 Å². The first-order valence-electron chi connectivity index (χ1n) is 5.06. The summed E-state index contributed by atoms with van der Waals surface area (Å²) in [4.78, 5) is 11.1. The predicted molar refractivity (Wildman–Crippen MR) is 59.5 cm³/mol. The molecule has 0 radical (unpaired) electrons. The molecule has 0 aromatic carbocycles. The molecule has 6 nitrogen and oxygen atoms in total. The molecular formula is C9H19NO5S. The molecule has 0 aromatic rings. The molecule has 0 aromatic heterocycles. The average molecular weight is 253 g/mol. The maximum absolute atomic E-state index is 11.1. The highest BCUT2D eigenvalue weighted by molar-refractivity contribution is 7.85. The second-order valence-corrected chi connectivity index (χ2v) is 4.96. The van der Waals surface area contributed by atoms with Gasteiger partial charge in [-0.15, -0.1) is 0 Å². The van der Waals surface area contributed by atoms with Gasteiger partial charge in [-0.05, 0) is 20.4 Å². The van der Waals surface area contributed by atoms with Crippen LogP contribution in [0, 0.1) is 0 Å². The van der Waals surface area contributed by atoms with E-state index >= 15 is 0 Å². The summed E-state index contributed by atoms with van der Waals surface area (Å²) >= 11 is 0. The lowest BCUT2D eigenvalue weighted by Crippen LogP contribution is -2.32. The van der Waals surface area contributed by atoms with E-state index in [1.165, 1.54) is 0 Å². The zero-order valence-corrected chi connectivity index (χ0v) is 10.7. The lowest BCUT2D eigenvalue weighted by atomic mass is 10.2. The lowest BCUT2D eigenvalue weighted by Gasteiger charge is -2.14. The van der Waals surface area contributed by atoms with Crippen molar-refractivity contribution in [1.82, 2.24) is 5.32 Å². The van der Waals surface area contributed by atoms with Crippen molar-refractivity contribution < 1.29 is 22.1 Å². The fourth-order valence-corrected chi connectivity index (χ4v) is 1.45. The maximum Gasteiger partial charge on any atom is 0.305 e. The Morgan fingerprint density at radius 2 is 2.06 bits per heavy atom. The Bertz CT molecular complexity index is 301. The van der Waals surface area contributed by atoms with Crippen molar-refractivity contribution >= 4 is 16.1 Å². The molecule has 0 saturated carbocycles. The first-order valence-corrected chi connectivity index (χ1v) is 6.88. The summed E-state index contributed by atoms with van der Waals surface area (Å²) in [5, 5.41) is 2.87. The number of nitrogens with one attached hydrogen (secondary N) is 1. The van der Waals surface area contributed by atoms with Crippen molar-refractivity contribution in [2.45, 2.75) is 25.8 Å². The molecule has 0 aliphatic carbocycles. The molecule has 1 N–H and O–H groups in total. The molecule has 0 fully saturated rings. The summed E-state index contributed by atoms with van der Waals surface area (Å²) in [6.45, 7) is 2.11. The van der Waals surface area contributed by atoms with E-state index in [2.05, 4.69) is 9.50 Å². The highest BCUT2D eigenvalue weighted by atomic mass is 32.2. The van der Waals surface area contributed by atoms with Gasteiger partial charge in [0.05, 0.1) is 19.5 Å². The van der Waals surface area contributed by atoms with Crippen LogP contribution in [-0.2, 0) is 23.8 Å². The van der Waals surface area contributed by atoms with Crippen molar-refractivity contribution in [2.24, 2.45) is 0 Å². The van der Waals surface area contributed by atoms with E-state index in [9.17, 15) is 13.2 Å². The molecule has 0 amide bonds. The van der Waals surface area contributed by atoms with Gasteiger partial charge in [0, 0.05) is 12.5 Å². The number of hydrogen-bond acceptors (Lipinski definition) is 6. The van der Waals surface area contributed by atoms with Crippen LogP contribution in [0.3, 0.4) is 0 Å². The number of hydrogen-bond donors (Lipinski definition) is 1. The van der Waals surface area contributed by atoms with Crippen LogP contribution in [-0.4, -0.2) is 46.9 Å². The molecule has 0 aliphatic rings. The third-order valence-electron chi connectivity index (χ3n) is 1.89. The topological polar surface area (TPSA) is 81.7 Å². The zero-order valence-electron chi connectivity index (χ0n) is 9.86. The van der Waals surface area contributed by atoms with Crippen LogP contribution in [0.5, 0.6) is 0 Å². The Hall–Kier alpha value is -0.660. The molecule has 0 spiro atoms. The number of esters is 1. The molecular weight excluding hydrogens is 234 g/mol. The van der Waals surface area contributed by atoms with Crippen molar-refractivity contribution in [1.29, 1.82) is 0 Å². The minimum absolute atomic E-state index is 0.0226. The Balaban J connectivity index is 3.88. The van der Waals surface area contributed by atoms with Gasteiger partial charge in [0.25, 0.3) is 10.1 Å². The maximum atomic E-state index is 11.1. The van der Waals surface area contributed by atoms with Gasteiger partial charge in [-0.1, -0.05) is 0 Å². The van der Waals surface area contributed by atoms with Crippen molar-refractivity contribution in [3.63, 3.8) is 0 Å². The van der Waals surface area contributed by atoms with Crippen molar-refractivity contribution in [3.8, 4) is 0 Å². The van der Waals surface area contributed by atoms with Gasteiger partial charge in [0.2, 0.25) is 0 Å². The van der Waals surface area contributed by atoms with Crippen LogP contribution in [0.15, 0.2) is 0 Å². The number of rotatable bonds is 8. The molecule has 96 valence electrons. The van der Waals surface area contributed by atoms with E-state index in [1.54, 1.807) is 14.0 Å². The van der Waals surface area contributed by atoms with Crippen LogP contribution in [0.1, 0.15) is 19.8 Å². The molecule has 0 rings (SSSR count). The number of likely N-dealkylation sites (N-methyl/N-ethyl adjacent to an activating group) is 1. The van der Waals surface area contributed by atoms with Crippen LogP contribution in [0.2, 0.25) is 0 Å². The van der Waals surface area contributed by atoms with Crippen molar-refractivity contribution in [2.75, 3.05) is 26.5 Å². The highest BCUT2D eigenvalue weighted by Gasteiger charge is 2.12. The largest absolute Gasteiger partial charge is 0.466 e. The van der Waals surface area contributed by atoms with Crippen LogP contribution >= 0.6 is 0 Å². The Morgan fingerprint density at radius 1 is 1.44 bits per heavy atom. The van der Waals surface area contributed by atoms with E-state index in [0.29, 0.717) is 13.0 Å². The zero-order chi connectivity index (χ0) is 12.6. The highest BCUT2D eigenvalue weighted by Crippen LogP contribution is 2.01.